The number of carbonyl (C=O) groups excluding carboxylic acids is 1. The predicted octanol–water partition coefficient (Wildman–Crippen LogP) is 2.35. The van der Waals surface area contributed by atoms with Crippen LogP contribution in [0.1, 0.15) is 31.9 Å². The SMILES string of the molecule is CC(C)N1C(=O)CC(C(=O)O)C1c1c(F)cccc1F. The van der Waals surface area contributed by atoms with Gasteiger partial charge in [-0.1, -0.05) is 6.07 Å². The Balaban J connectivity index is 2.58. The highest BCUT2D eigenvalue weighted by atomic mass is 19.1. The molecule has 1 aromatic rings. The van der Waals surface area contributed by atoms with Crippen LogP contribution in [0, 0.1) is 17.6 Å². The fourth-order valence-electron chi connectivity index (χ4n) is 2.72. The monoisotopic (exact) mass is 283 g/mol. The normalized spacial score (nSPS) is 22.6. The average Bonchev–Trinajstić information content (AvgIpc) is 2.67. The number of hydrogen-bond acceptors (Lipinski definition) is 2. The fourth-order valence-corrected chi connectivity index (χ4v) is 2.72. The summed E-state index contributed by atoms with van der Waals surface area (Å²) in [6, 6.07) is 1.90. The molecule has 1 saturated heterocycles. The van der Waals surface area contributed by atoms with Crippen LogP contribution in [0.5, 0.6) is 0 Å². The summed E-state index contributed by atoms with van der Waals surface area (Å²) in [6.07, 6.45) is -0.244. The average molecular weight is 283 g/mol. The third-order valence-corrected chi connectivity index (χ3v) is 3.53. The van der Waals surface area contributed by atoms with Crippen molar-refractivity contribution >= 4 is 11.9 Å². The highest BCUT2D eigenvalue weighted by molar-refractivity contribution is 5.87. The van der Waals surface area contributed by atoms with Gasteiger partial charge in [-0.2, -0.15) is 0 Å². The Morgan fingerprint density at radius 2 is 1.90 bits per heavy atom. The molecule has 108 valence electrons. The van der Waals surface area contributed by atoms with Crippen LogP contribution >= 0.6 is 0 Å². The van der Waals surface area contributed by atoms with Gasteiger partial charge in [0.15, 0.2) is 0 Å². The summed E-state index contributed by atoms with van der Waals surface area (Å²) < 4.78 is 27.9. The molecule has 0 aromatic heterocycles. The van der Waals surface area contributed by atoms with Crippen molar-refractivity contribution in [2.24, 2.45) is 5.92 Å². The summed E-state index contributed by atoms with van der Waals surface area (Å²) in [4.78, 5) is 24.5. The second-order valence-electron chi connectivity index (χ2n) is 5.12. The first-order valence-corrected chi connectivity index (χ1v) is 6.32. The van der Waals surface area contributed by atoms with E-state index in [-0.39, 0.29) is 18.0 Å². The van der Waals surface area contributed by atoms with Crippen molar-refractivity contribution in [2.45, 2.75) is 32.4 Å². The van der Waals surface area contributed by atoms with Gasteiger partial charge in [0.2, 0.25) is 5.91 Å². The molecule has 0 bridgehead atoms. The number of carbonyl (C=O) groups is 2. The topological polar surface area (TPSA) is 57.6 Å². The van der Waals surface area contributed by atoms with Gasteiger partial charge in [-0.15, -0.1) is 0 Å². The number of hydrogen-bond donors (Lipinski definition) is 1. The van der Waals surface area contributed by atoms with Crippen LogP contribution in [0.2, 0.25) is 0 Å². The maximum atomic E-state index is 13.9. The number of amides is 1. The molecule has 2 unspecified atom stereocenters. The van der Waals surface area contributed by atoms with Crippen LogP contribution in [0.4, 0.5) is 8.78 Å². The Morgan fingerprint density at radius 3 is 2.35 bits per heavy atom. The molecule has 6 heteroatoms. The third kappa shape index (κ3) is 2.26. The number of aliphatic carboxylic acids is 1. The zero-order valence-corrected chi connectivity index (χ0v) is 11.1. The summed E-state index contributed by atoms with van der Waals surface area (Å²) in [7, 11) is 0. The largest absolute Gasteiger partial charge is 0.481 e. The van der Waals surface area contributed by atoms with Gasteiger partial charge in [0.1, 0.15) is 11.6 Å². The lowest BCUT2D eigenvalue weighted by Gasteiger charge is -2.31. The van der Waals surface area contributed by atoms with Crippen molar-refractivity contribution in [3.63, 3.8) is 0 Å². The van der Waals surface area contributed by atoms with E-state index >= 15 is 0 Å². The highest BCUT2D eigenvalue weighted by Gasteiger charge is 2.47. The molecule has 0 spiro atoms. The molecule has 0 radical (unpaired) electrons. The molecule has 1 aliphatic rings. The van der Waals surface area contributed by atoms with Crippen LogP contribution in [0.15, 0.2) is 18.2 Å². The van der Waals surface area contributed by atoms with E-state index in [0.717, 1.165) is 12.1 Å². The Morgan fingerprint density at radius 1 is 1.35 bits per heavy atom. The van der Waals surface area contributed by atoms with Gasteiger partial charge in [0.05, 0.1) is 12.0 Å². The van der Waals surface area contributed by atoms with Crippen LogP contribution in [-0.2, 0) is 9.59 Å². The van der Waals surface area contributed by atoms with Crippen molar-refractivity contribution in [3.8, 4) is 0 Å². The fraction of sp³-hybridized carbons (Fsp3) is 0.429. The van der Waals surface area contributed by atoms with E-state index in [4.69, 9.17) is 0 Å². The van der Waals surface area contributed by atoms with Crippen molar-refractivity contribution < 1.29 is 23.5 Å². The van der Waals surface area contributed by atoms with Gasteiger partial charge >= 0.3 is 5.97 Å². The minimum Gasteiger partial charge on any atom is -0.481 e. The first kappa shape index (κ1) is 14.4. The van der Waals surface area contributed by atoms with Crippen LogP contribution < -0.4 is 0 Å². The van der Waals surface area contributed by atoms with Gasteiger partial charge in [-0.25, -0.2) is 8.78 Å². The maximum absolute atomic E-state index is 13.9. The lowest BCUT2D eigenvalue weighted by molar-refractivity contribution is -0.142. The standard InChI is InChI=1S/C14H15F2NO3/c1-7(2)17-11(18)6-8(14(19)20)13(17)12-9(15)4-3-5-10(12)16/h3-5,7-8,13H,6H2,1-2H3,(H,19,20). The first-order valence-electron chi connectivity index (χ1n) is 6.32. The molecule has 2 atom stereocenters. The number of likely N-dealkylation sites (tertiary alicyclic amines) is 1. The van der Waals surface area contributed by atoms with Crippen molar-refractivity contribution in [2.75, 3.05) is 0 Å². The minimum absolute atomic E-state index is 0.244. The third-order valence-electron chi connectivity index (χ3n) is 3.53. The Hall–Kier alpha value is -1.98. The number of benzene rings is 1. The molecule has 1 amide bonds. The summed E-state index contributed by atoms with van der Waals surface area (Å²) in [5.74, 6) is -4.44. The molecule has 20 heavy (non-hydrogen) atoms. The Labute approximate surface area is 115 Å². The van der Waals surface area contributed by atoms with Crippen LogP contribution in [0.25, 0.3) is 0 Å². The molecule has 1 heterocycles. The van der Waals surface area contributed by atoms with E-state index in [1.807, 2.05) is 0 Å². The summed E-state index contributed by atoms with van der Waals surface area (Å²) in [5, 5.41) is 9.22. The van der Waals surface area contributed by atoms with E-state index in [1.165, 1.54) is 11.0 Å². The van der Waals surface area contributed by atoms with Crippen molar-refractivity contribution in [3.05, 3.63) is 35.4 Å². The Bertz CT molecular complexity index is 539. The first-order chi connectivity index (χ1) is 9.34. The van der Waals surface area contributed by atoms with Crippen LogP contribution in [-0.4, -0.2) is 27.9 Å². The summed E-state index contributed by atoms with van der Waals surface area (Å²) in [5.41, 5.74) is -0.348. The number of carboxylic acid groups (broad SMARTS) is 1. The maximum Gasteiger partial charge on any atom is 0.309 e. The van der Waals surface area contributed by atoms with Gasteiger partial charge in [0.25, 0.3) is 0 Å². The number of rotatable bonds is 3. The minimum atomic E-state index is -1.23. The number of nitrogens with zero attached hydrogens (tertiary/aromatic N) is 1. The molecular weight excluding hydrogens is 268 g/mol. The quantitative estimate of drug-likeness (QED) is 0.926. The predicted molar refractivity (Wildman–Crippen MR) is 66.8 cm³/mol. The molecule has 1 N–H and O–H groups in total. The van der Waals surface area contributed by atoms with Gasteiger partial charge in [-0.3, -0.25) is 9.59 Å². The zero-order chi connectivity index (χ0) is 15.0. The molecule has 1 fully saturated rings. The second-order valence-corrected chi connectivity index (χ2v) is 5.12. The smallest absolute Gasteiger partial charge is 0.309 e. The van der Waals surface area contributed by atoms with Crippen molar-refractivity contribution in [1.82, 2.24) is 4.90 Å². The number of halogens is 2. The van der Waals surface area contributed by atoms with Gasteiger partial charge < -0.3 is 10.0 Å². The molecule has 4 nitrogen and oxygen atoms in total. The Kier molecular flexibility index (Phi) is 3.74. The molecule has 0 saturated carbocycles. The summed E-state index contributed by atoms with van der Waals surface area (Å²) >= 11 is 0. The van der Waals surface area contributed by atoms with Gasteiger partial charge in [0, 0.05) is 18.0 Å². The van der Waals surface area contributed by atoms with E-state index in [0.29, 0.717) is 0 Å². The summed E-state index contributed by atoms with van der Waals surface area (Å²) in [6.45, 7) is 3.38. The van der Waals surface area contributed by atoms with Crippen molar-refractivity contribution in [1.29, 1.82) is 0 Å². The molecule has 1 aliphatic heterocycles. The van der Waals surface area contributed by atoms with E-state index in [1.54, 1.807) is 13.8 Å². The zero-order valence-electron chi connectivity index (χ0n) is 11.1. The lowest BCUT2D eigenvalue weighted by Crippen LogP contribution is -2.37. The molecule has 0 aliphatic carbocycles. The molecule has 1 aromatic carbocycles. The molecule has 2 rings (SSSR count). The highest BCUT2D eigenvalue weighted by Crippen LogP contribution is 2.41. The number of carboxylic acids is 1. The lowest BCUT2D eigenvalue weighted by atomic mass is 9.92. The van der Waals surface area contributed by atoms with E-state index < -0.39 is 35.5 Å². The second kappa shape index (κ2) is 5.19. The van der Waals surface area contributed by atoms with Crippen LogP contribution in [0.3, 0.4) is 0 Å². The van der Waals surface area contributed by atoms with E-state index in [2.05, 4.69) is 0 Å². The van der Waals surface area contributed by atoms with Gasteiger partial charge in [-0.05, 0) is 26.0 Å². The molecular formula is C14H15F2NO3. The van der Waals surface area contributed by atoms with E-state index in [9.17, 15) is 23.5 Å².